The van der Waals surface area contributed by atoms with Crippen LogP contribution < -0.4 is 11.1 Å². The lowest BCUT2D eigenvalue weighted by Crippen LogP contribution is -2.49. The fourth-order valence-electron chi connectivity index (χ4n) is 3.25. The molecule has 3 N–H and O–H groups in total. The van der Waals surface area contributed by atoms with Crippen molar-refractivity contribution in [2.45, 2.75) is 76.3 Å². The smallest absolute Gasteiger partial charge is 0.237 e. The number of nitrogens with one attached hydrogen (secondary N) is 1. The highest BCUT2D eigenvalue weighted by Gasteiger charge is 2.27. The van der Waals surface area contributed by atoms with E-state index in [-0.39, 0.29) is 11.9 Å². The zero-order valence-corrected chi connectivity index (χ0v) is 10.8. The van der Waals surface area contributed by atoms with Crippen molar-refractivity contribution in [3.63, 3.8) is 0 Å². The van der Waals surface area contributed by atoms with Gasteiger partial charge in [-0.05, 0) is 31.6 Å². The molecule has 98 valence electrons. The Balaban J connectivity index is 1.77. The highest BCUT2D eigenvalue weighted by atomic mass is 16.2. The molecule has 2 fully saturated rings. The van der Waals surface area contributed by atoms with Gasteiger partial charge in [-0.1, -0.05) is 38.5 Å². The lowest BCUT2D eigenvalue weighted by molar-refractivity contribution is -0.124. The van der Waals surface area contributed by atoms with Crippen molar-refractivity contribution >= 4 is 5.91 Å². The maximum absolute atomic E-state index is 12.1. The number of carbonyl (C=O) groups is 1. The van der Waals surface area contributed by atoms with Crippen molar-refractivity contribution in [2.75, 3.05) is 0 Å². The molecule has 3 nitrogen and oxygen atoms in total. The van der Waals surface area contributed by atoms with E-state index in [4.69, 9.17) is 5.73 Å². The average Bonchev–Trinajstić information content (AvgIpc) is 2.40. The molecule has 1 unspecified atom stereocenters. The Morgan fingerprint density at radius 1 is 0.941 bits per heavy atom. The van der Waals surface area contributed by atoms with Crippen LogP contribution >= 0.6 is 0 Å². The van der Waals surface area contributed by atoms with Crippen LogP contribution in [0.4, 0.5) is 0 Å². The number of amides is 1. The van der Waals surface area contributed by atoms with Crippen LogP contribution in [0, 0.1) is 5.92 Å². The Morgan fingerprint density at radius 3 is 2.06 bits per heavy atom. The molecule has 0 aromatic heterocycles. The van der Waals surface area contributed by atoms with Gasteiger partial charge in [-0.3, -0.25) is 4.79 Å². The van der Waals surface area contributed by atoms with Crippen LogP contribution in [0.5, 0.6) is 0 Å². The summed E-state index contributed by atoms with van der Waals surface area (Å²) in [6.45, 7) is 0. The van der Waals surface area contributed by atoms with Gasteiger partial charge in [-0.15, -0.1) is 0 Å². The van der Waals surface area contributed by atoms with Crippen molar-refractivity contribution in [2.24, 2.45) is 11.7 Å². The maximum Gasteiger partial charge on any atom is 0.237 e. The highest BCUT2D eigenvalue weighted by Crippen LogP contribution is 2.26. The summed E-state index contributed by atoms with van der Waals surface area (Å²) in [4.78, 5) is 12.1. The van der Waals surface area contributed by atoms with E-state index in [0.29, 0.717) is 12.0 Å². The number of hydrogen-bond donors (Lipinski definition) is 2. The van der Waals surface area contributed by atoms with E-state index < -0.39 is 0 Å². The van der Waals surface area contributed by atoms with Gasteiger partial charge >= 0.3 is 0 Å². The molecule has 0 bridgehead atoms. The average molecular weight is 238 g/mol. The van der Waals surface area contributed by atoms with Crippen LogP contribution in [0.1, 0.15) is 64.2 Å². The summed E-state index contributed by atoms with van der Waals surface area (Å²) in [5.74, 6) is 0.524. The zero-order chi connectivity index (χ0) is 12.1. The molecule has 0 saturated heterocycles. The van der Waals surface area contributed by atoms with Gasteiger partial charge in [-0.25, -0.2) is 0 Å². The minimum absolute atomic E-state index is 0.101. The molecule has 0 aromatic carbocycles. The molecule has 0 aromatic rings. The number of rotatable bonds is 3. The van der Waals surface area contributed by atoms with Gasteiger partial charge in [0.05, 0.1) is 6.04 Å². The largest absolute Gasteiger partial charge is 0.352 e. The van der Waals surface area contributed by atoms with E-state index in [1.54, 1.807) is 0 Å². The van der Waals surface area contributed by atoms with E-state index in [2.05, 4.69) is 5.32 Å². The third-order valence-corrected chi connectivity index (χ3v) is 4.41. The first-order valence-corrected chi connectivity index (χ1v) is 7.33. The molecule has 2 aliphatic rings. The summed E-state index contributed by atoms with van der Waals surface area (Å²) < 4.78 is 0. The number of hydrogen-bond acceptors (Lipinski definition) is 2. The molecular weight excluding hydrogens is 212 g/mol. The van der Waals surface area contributed by atoms with E-state index in [0.717, 1.165) is 25.7 Å². The molecule has 0 aliphatic heterocycles. The first-order chi connectivity index (χ1) is 8.27. The fourth-order valence-corrected chi connectivity index (χ4v) is 3.25. The van der Waals surface area contributed by atoms with Crippen LogP contribution in [0.2, 0.25) is 0 Å². The molecule has 3 heteroatoms. The van der Waals surface area contributed by atoms with Gasteiger partial charge in [0.1, 0.15) is 0 Å². The first-order valence-electron chi connectivity index (χ1n) is 7.33. The predicted molar refractivity (Wildman–Crippen MR) is 69.6 cm³/mol. The van der Waals surface area contributed by atoms with Gasteiger partial charge in [0, 0.05) is 6.04 Å². The normalized spacial score (nSPS) is 25.5. The molecular formula is C14H26N2O. The summed E-state index contributed by atoms with van der Waals surface area (Å²) in [5.41, 5.74) is 6.10. The molecule has 1 atom stereocenters. The van der Waals surface area contributed by atoms with Crippen molar-refractivity contribution in [1.82, 2.24) is 5.32 Å². The van der Waals surface area contributed by atoms with Crippen LogP contribution in [0.15, 0.2) is 0 Å². The molecule has 17 heavy (non-hydrogen) atoms. The lowest BCUT2D eigenvalue weighted by Gasteiger charge is -2.29. The Morgan fingerprint density at radius 2 is 1.47 bits per heavy atom. The second kappa shape index (κ2) is 6.39. The summed E-state index contributed by atoms with van der Waals surface area (Å²) >= 11 is 0. The summed E-state index contributed by atoms with van der Waals surface area (Å²) in [5, 5.41) is 3.15. The lowest BCUT2D eigenvalue weighted by atomic mass is 9.83. The monoisotopic (exact) mass is 238 g/mol. The topological polar surface area (TPSA) is 55.1 Å². The third-order valence-electron chi connectivity index (χ3n) is 4.41. The van der Waals surface area contributed by atoms with Gasteiger partial charge in [0.15, 0.2) is 0 Å². The SMILES string of the molecule is NC(C(=O)NC1CCCCC1)C1CCCCC1. The molecule has 2 aliphatic carbocycles. The molecule has 0 heterocycles. The Bertz CT molecular complexity index is 243. The van der Waals surface area contributed by atoms with Crippen molar-refractivity contribution in [3.8, 4) is 0 Å². The Kier molecular flexibility index (Phi) is 4.84. The van der Waals surface area contributed by atoms with Crippen LogP contribution in [0.25, 0.3) is 0 Å². The Hall–Kier alpha value is -0.570. The van der Waals surface area contributed by atoms with Crippen molar-refractivity contribution in [1.29, 1.82) is 0 Å². The first kappa shape index (κ1) is 12.9. The minimum atomic E-state index is -0.266. The van der Waals surface area contributed by atoms with Crippen LogP contribution in [-0.4, -0.2) is 18.0 Å². The third kappa shape index (κ3) is 3.70. The molecule has 1 amide bonds. The molecule has 0 radical (unpaired) electrons. The summed E-state index contributed by atoms with van der Waals surface area (Å²) in [7, 11) is 0. The van der Waals surface area contributed by atoms with Gasteiger partial charge < -0.3 is 11.1 Å². The summed E-state index contributed by atoms with van der Waals surface area (Å²) in [6, 6.07) is 0.128. The maximum atomic E-state index is 12.1. The van der Waals surface area contributed by atoms with Gasteiger partial charge in [-0.2, -0.15) is 0 Å². The molecule has 0 spiro atoms. The quantitative estimate of drug-likeness (QED) is 0.793. The number of nitrogens with two attached hydrogens (primary N) is 1. The minimum Gasteiger partial charge on any atom is -0.352 e. The van der Waals surface area contributed by atoms with Crippen LogP contribution in [-0.2, 0) is 4.79 Å². The molecule has 2 rings (SSSR count). The van der Waals surface area contributed by atoms with Crippen LogP contribution in [0.3, 0.4) is 0 Å². The fraction of sp³-hybridized carbons (Fsp3) is 0.929. The van der Waals surface area contributed by atoms with E-state index in [9.17, 15) is 4.79 Å². The van der Waals surface area contributed by atoms with E-state index in [1.165, 1.54) is 38.5 Å². The van der Waals surface area contributed by atoms with Crippen molar-refractivity contribution < 1.29 is 4.79 Å². The van der Waals surface area contributed by atoms with Gasteiger partial charge in [0.25, 0.3) is 0 Å². The Labute approximate surface area is 105 Å². The number of carbonyl (C=O) groups excluding carboxylic acids is 1. The van der Waals surface area contributed by atoms with E-state index >= 15 is 0 Å². The van der Waals surface area contributed by atoms with Gasteiger partial charge in [0.2, 0.25) is 5.91 Å². The van der Waals surface area contributed by atoms with E-state index in [1.807, 2.05) is 0 Å². The zero-order valence-electron chi connectivity index (χ0n) is 10.8. The highest BCUT2D eigenvalue weighted by molar-refractivity contribution is 5.82. The second-order valence-electron chi connectivity index (χ2n) is 5.77. The summed E-state index contributed by atoms with van der Waals surface area (Å²) in [6.07, 6.45) is 12.2. The predicted octanol–water partition coefficient (Wildman–Crippen LogP) is 2.34. The standard InChI is InChI=1S/C14H26N2O/c15-13(11-7-3-1-4-8-11)14(17)16-12-9-5-2-6-10-12/h11-13H,1-10,15H2,(H,16,17). The molecule has 2 saturated carbocycles. The second-order valence-corrected chi connectivity index (χ2v) is 5.77. The van der Waals surface area contributed by atoms with Crippen molar-refractivity contribution in [3.05, 3.63) is 0 Å².